The summed E-state index contributed by atoms with van der Waals surface area (Å²) in [6, 6.07) is 2.12. The Kier molecular flexibility index (Phi) is 12.8. The zero-order chi connectivity index (χ0) is 16.4. The molecule has 134 valence electrons. The highest BCUT2D eigenvalue weighted by atomic mass is 127. The molecule has 23 heavy (non-hydrogen) atoms. The number of aliphatic imine (C=N–C) groups is 1. The predicted molar refractivity (Wildman–Crippen MR) is 109 cm³/mol. The van der Waals surface area contributed by atoms with Crippen molar-refractivity contribution in [3.05, 3.63) is 22.4 Å². The molecule has 0 spiro atoms. The molecule has 0 unspecified atom stereocenters. The van der Waals surface area contributed by atoms with E-state index in [1.165, 1.54) is 5.69 Å². The van der Waals surface area contributed by atoms with Gasteiger partial charge in [-0.2, -0.15) is 0 Å². The van der Waals surface area contributed by atoms with Crippen LogP contribution in [0.4, 0.5) is 0 Å². The second-order valence-corrected chi connectivity index (χ2v) is 5.97. The van der Waals surface area contributed by atoms with Crippen molar-refractivity contribution in [3.8, 4) is 0 Å². The second kappa shape index (κ2) is 13.0. The first-order valence-electron chi connectivity index (χ1n) is 7.37. The molecule has 0 radical (unpaired) electrons. The Morgan fingerprint density at radius 3 is 2.70 bits per heavy atom. The highest BCUT2D eigenvalue weighted by Crippen LogP contribution is 2.14. The van der Waals surface area contributed by atoms with Crippen molar-refractivity contribution < 1.29 is 9.47 Å². The zero-order valence-corrected chi connectivity index (χ0v) is 18.3. The molecule has 0 atom stereocenters. The molecule has 0 aliphatic rings. The van der Waals surface area contributed by atoms with Gasteiger partial charge in [-0.15, -0.1) is 24.0 Å². The summed E-state index contributed by atoms with van der Waals surface area (Å²) in [4.78, 5) is 6.42. The van der Waals surface area contributed by atoms with Gasteiger partial charge in [0.1, 0.15) is 0 Å². The summed E-state index contributed by atoms with van der Waals surface area (Å²) in [6.45, 7) is 3.65. The minimum atomic E-state index is 0. The van der Waals surface area contributed by atoms with Crippen LogP contribution in [-0.2, 0) is 23.1 Å². The molecule has 0 aromatic carbocycles. The minimum absolute atomic E-state index is 0. The number of rotatable bonds is 9. The van der Waals surface area contributed by atoms with E-state index < -0.39 is 0 Å². The number of halogens is 2. The number of nitrogens with zero attached hydrogens (tertiary/aromatic N) is 3. The Labute approximate surface area is 164 Å². The fraction of sp³-hybridized carbons (Fsp3) is 0.667. The third-order valence-corrected chi connectivity index (χ3v) is 3.66. The lowest BCUT2D eigenvalue weighted by Crippen LogP contribution is -2.39. The van der Waals surface area contributed by atoms with Crippen molar-refractivity contribution in [2.75, 3.05) is 47.6 Å². The molecule has 1 heterocycles. The van der Waals surface area contributed by atoms with E-state index >= 15 is 0 Å². The summed E-state index contributed by atoms with van der Waals surface area (Å²) in [5.41, 5.74) is 1.22. The van der Waals surface area contributed by atoms with Gasteiger partial charge in [0.05, 0.1) is 19.8 Å². The Balaban J connectivity index is 0.00000484. The van der Waals surface area contributed by atoms with Crippen LogP contribution in [-0.4, -0.2) is 63.0 Å². The Morgan fingerprint density at radius 2 is 2.13 bits per heavy atom. The lowest BCUT2D eigenvalue weighted by Gasteiger charge is -2.22. The third-order valence-electron chi connectivity index (χ3n) is 3.23. The minimum Gasteiger partial charge on any atom is -0.382 e. The normalized spacial score (nSPS) is 11.3. The molecule has 0 aliphatic heterocycles. The molecule has 8 heteroatoms. The van der Waals surface area contributed by atoms with Crippen molar-refractivity contribution in [1.29, 1.82) is 0 Å². The number of aromatic nitrogens is 1. The van der Waals surface area contributed by atoms with Crippen LogP contribution in [0.15, 0.2) is 21.7 Å². The van der Waals surface area contributed by atoms with E-state index in [0.29, 0.717) is 13.2 Å². The highest BCUT2D eigenvalue weighted by molar-refractivity contribution is 14.0. The molecule has 0 aliphatic carbocycles. The van der Waals surface area contributed by atoms with Gasteiger partial charge in [-0.3, -0.25) is 4.99 Å². The third kappa shape index (κ3) is 8.92. The Bertz CT molecular complexity index is 468. The van der Waals surface area contributed by atoms with Crippen molar-refractivity contribution >= 4 is 45.9 Å². The van der Waals surface area contributed by atoms with Gasteiger partial charge in [0.2, 0.25) is 0 Å². The number of ether oxygens (including phenoxy) is 2. The molecule has 1 aromatic heterocycles. The molecule has 1 rings (SSSR count). The van der Waals surface area contributed by atoms with Crippen LogP contribution in [0.25, 0.3) is 0 Å². The van der Waals surface area contributed by atoms with Gasteiger partial charge in [-0.05, 0) is 28.4 Å². The molecule has 0 bridgehead atoms. The largest absolute Gasteiger partial charge is 0.382 e. The first kappa shape index (κ1) is 22.7. The number of methoxy groups -OCH3 is 1. The maximum atomic E-state index is 5.44. The molecule has 0 saturated carbocycles. The molecule has 0 amide bonds. The van der Waals surface area contributed by atoms with Gasteiger partial charge >= 0.3 is 0 Å². The number of hydrogen-bond acceptors (Lipinski definition) is 3. The maximum Gasteiger partial charge on any atom is 0.193 e. The van der Waals surface area contributed by atoms with Gasteiger partial charge in [0.15, 0.2) is 5.96 Å². The summed E-state index contributed by atoms with van der Waals surface area (Å²) in [5, 5.41) is 3.35. The van der Waals surface area contributed by atoms with E-state index in [0.717, 1.165) is 36.5 Å². The number of aryl methyl sites for hydroxylation is 1. The molecule has 0 fully saturated rings. The Hall–Kier alpha value is -0.320. The van der Waals surface area contributed by atoms with Crippen molar-refractivity contribution in [1.82, 2.24) is 14.8 Å². The molecule has 6 nitrogen and oxygen atoms in total. The van der Waals surface area contributed by atoms with E-state index in [2.05, 4.69) is 48.0 Å². The van der Waals surface area contributed by atoms with Crippen molar-refractivity contribution in [3.63, 3.8) is 0 Å². The van der Waals surface area contributed by atoms with Crippen molar-refractivity contribution in [2.24, 2.45) is 12.0 Å². The van der Waals surface area contributed by atoms with Crippen LogP contribution in [0.5, 0.6) is 0 Å². The van der Waals surface area contributed by atoms with E-state index in [1.807, 2.05) is 14.1 Å². The molecule has 1 N–H and O–H groups in total. The standard InChI is InChI=1S/C15H27BrN4O2.HI/c1-17-15(18-6-5-7-22-9-8-21-4)20(3)12-14-10-13(16)11-19(14)2;/h10-11H,5-9,12H2,1-4H3,(H,17,18);1H. The number of guanidine groups is 1. The van der Waals surface area contributed by atoms with Crippen LogP contribution >= 0.6 is 39.9 Å². The van der Waals surface area contributed by atoms with E-state index in [4.69, 9.17) is 9.47 Å². The van der Waals surface area contributed by atoms with E-state index in [9.17, 15) is 0 Å². The maximum absolute atomic E-state index is 5.44. The van der Waals surface area contributed by atoms with Gasteiger partial charge in [0.25, 0.3) is 0 Å². The van der Waals surface area contributed by atoms with Crippen LogP contribution in [0, 0.1) is 0 Å². The highest BCUT2D eigenvalue weighted by Gasteiger charge is 2.09. The predicted octanol–water partition coefficient (Wildman–Crippen LogP) is 2.47. The van der Waals surface area contributed by atoms with E-state index in [-0.39, 0.29) is 24.0 Å². The van der Waals surface area contributed by atoms with Gasteiger partial charge < -0.3 is 24.3 Å². The average Bonchev–Trinajstić information content (AvgIpc) is 2.79. The number of hydrogen-bond donors (Lipinski definition) is 1. The first-order chi connectivity index (χ1) is 10.6. The average molecular weight is 503 g/mol. The first-order valence-corrected chi connectivity index (χ1v) is 8.17. The zero-order valence-electron chi connectivity index (χ0n) is 14.3. The summed E-state index contributed by atoms with van der Waals surface area (Å²) in [6.07, 6.45) is 2.99. The fourth-order valence-corrected chi connectivity index (χ4v) is 2.62. The Morgan fingerprint density at radius 1 is 1.39 bits per heavy atom. The smallest absolute Gasteiger partial charge is 0.193 e. The van der Waals surface area contributed by atoms with Gasteiger partial charge in [-0.25, -0.2) is 0 Å². The topological polar surface area (TPSA) is 51.0 Å². The SMILES string of the molecule is CN=C(NCCCOCCOC)N(C)Cc1cc(Br)cn1C.I. The summed E-state index contributed by atoms with van der Waals surface area (Å²) in [7, 11) is 7.55. The van der Waals surface area contributed by atoms with Crippen LogP contribution in [0.1, 0.15) is 12.1 Å². The summed E-state index contributed by atoms with van der Waals surface area (Å²) >= 11 is 3.50. The van der Waals surface area contributed by atoms with Crippen molar-refractivity contribution in [2.45, 2.75) is 13.0 Å². The molecular weight excluding hydrogens is 475 g/mol. The van der Waals surface area contributed by atoms with Crippen LogP contribution in [0.3, 0.4) is 0 Å². The van der Waals surface area contributed by atoms with Gasteiger partial charge in [0, 0.05) is 57.8 Å². The fourth-order valence-electron chi connectivity index (χ4n) is 2.04. The monoisotopic (exact) mass is 502 g/mol. The molecule has 0 saturated heterocycles. The second-order valence-electron chi connectivity index (χ2n) is 5.05. The lowest BCUT2D eigenvalue weighted by atomic mass is 10.4. The van der Waals surface area contributed by atoms with E-state index in [1.54, 1.807) is 14.2 Å². The molecular formula is C15H28BrIN4O2. The van der Waals surface area contributed by atoms with Crippen LogP contribution < -0.4 is 5.32 Å². The number of nitrogens with one attached hydrogen (secondary N) is 1. The quantitative estimate of drug-likeness (QED) is 0.244. The summed E-state index contributed by atoms with van der Waals surface area (Å²) in [5.74, 6) is 0.884. The summed E-state index contributed by atoms with van der Waals surface area (Å²) < 4.78 is 13.6. The lowest BCUT2D eigenvalue weighted by molar-refractivity contribution is 0.0698. The molecule has 1 aromatic rings. The van der Waals surface area contributed by atoms with Gasteiger partial charge in [-0.1, -0.05) is 0 Å². The van der Waals surface area contributed by atoms with Crippen LogP contribution in [0.2, 0.25) is 0 Å².